The SMILES string of the molecule is C1=CC2=C(C1)Cc1c(C3=CC=C(C4(c5ccccc5)C=C(c5ccc6c(c5)C5(c7ccccc7C6)c6ccccc6-c6ccccc65)NCN4)C3)cccc12. The molecule has 12 rings (SSSR count). The first-order valence-corrected chi connectivity index (χ1v) is 19.8. The molecule has 0 radical (unpaired) electrons. The van der Waals surface area contributed by atoms with Gasteiger partial charge in [-0.05, 0) is 127 Å². The van der Waals surface area contributed by atoms with Gasteiger partial charge in [-0.15, -0.1) is 0 Å². The first-order valence-electron chi connectivity index (χ1n) is 19.8. The molecular weight excluding hydrogens is 665 g/mol. The van der Waals surface area contributed by atoms with E-state index in [9.17, 15) is 0 Å². The van der Waals surface area contributed by atoms with Gasteiger partial charge in [0.15, 0.2) is 0 Å². The van der Waals surface area contributed by atoms with Crippen molar-refractivity contribution < 1.29 is 0 Å². The lowest BCUT2D eigenvalue weighted by molar-refractivity contribution is 0.448. The van der Waals surface area contributed by atoms with E-state index in [0.717, 1.165) is 25.7 Å². The van der Waals surface area contributed by atoms with Crippen molar-refractivity contribution in [1.29, 1.82) is 0 Å². The molecule has 1 atom stereocenters. The van der Waals surface area contributed by atoms with E-state index in [-0.39, 0.29) is 5.41 Å². The zero-order chi connectivity index (χ0) is 36.1. The maximum absolute atomic E-state index is 3.99. The zero-order valence-corrected chi connectivity index (χ0v) is 30.7. The Bertz CT molecular complexity index is 2740. The Balaban J connectivity index is 0.992. The smallest absolute Gasteiger partial charge is 0.0879 e. The molecule has 0 saturated carbocycles. The zero-order valence-electron chi connectivity index (χ0n) is 30.7. The maximum atomic E-state index is 3.99. The molecule has 1 spiro atoms. The Morgan fingerprint density at radius 3 is 2.09 bits per heavy atom. The molecule has 2 heteroatoms. The highest BCUT2D eigenvalue weighted by atomic mass is 15.1. The molecule has 2 N–H and O–H groups in total. The van der Waals surface area contributed by atoms with E-state index in [1.54, 1.807) is 5.57 Å². The summed E-state index contributed by atoms with van der Waals surface area (Å²) in [5.41, 5.74) is 24.0. The van der Waals surface area contributed by atoms with Crippen molar-refractivity contribution in [3.63, 3.8) is 0 Å². The molecule has 1 heterocycles. The minimum Gasteiger partial charge on any atom is -0.372 e. The van der Waals surface area contributed by atoms with Gasteiger partial charge in [-0.25, -0.2) is 0 Å². The fourth-order valence-electron chi connectivity index (χ4n) is 11.0. The third-order valence-corrected chi connectivity index (χ3v) is 13.4. The quantitative estimate of drug-likeness (QED) is 0.191. The van der Waals surface area contributed by atoms with Gasteiger partial charge in [0.2, 0.25) is 0 Å². The summed E-state index contributed by atoms with van der Waals surface area (Å²) in [5.74, 6) is 0. The van der Waals surface area contributed by atoms with Crippen LogP contribution in [0.2, 0.25) is 0 Å². The lowest BCUT2D eigenvalue weighted by Crippen LogP contribution is -2.50. The molecule has 5 aliphatic carbocycles. The summed E-state index contributed by atoms with van der Waals surface area (Å²) in [5, 5.41) is 7.81. The molecular formula is C53H40N2. The Morgan fingerprint density at radius 1 is 0.545 bits per heavy atom. The molecule has 2 nitrogen and oxygen atoms in total. The fraction of sp³-hybridized carbons (Fsp3) is 0.132. The molecule has 0 bridgehead atoms. The van der Waals surface area contributed by atoms with Crippen molar-refractivity contribution in [1.82, 2.24) is 10.6 Å². The van der Waals surface area contributed by atoms with Crippen LogP contribution in [0.25, 0.3) is 28.0 Å². The minimum atomic E-state index is -0.465. The van der Waals surface area contributed by atoms with Crippen LogP contribution in [0, 0.1) is 0 Å². The Labute approximate surface area is 323 Å². The topological polar surface area (TPSA) is 24.1 Å². The lowest BCUT2D eigenvalue weighted by Gasteiger charge is -2.41. The van der Waals surface area contributed by atoms with E-state index in [1.165, 1.54) is 94.7 Å². The lowest BCUT2D eigenvalue weighted by atomic mass is 9.61. The standard InChI is InChI=1S/C53H40N2/c1-2-14-39(15-3-1)52(40-27-26-35(29-40)42-19-11-20-43-41-18-10-13-34(41)30-46(42)43)32-51(54-33-55-52)38-25-24-37-28-36-12-4-7-21-47(36)53(50(37)31-38)48-22-8-5-16-44(48)45-17-6-9-23-49(45)53/h1-12,14-27,31-32,54-55H,13,28-30,33H2. The number of hydrogen-bond donors (Lipinski definition) is 2. The van der Waals surface area contributed by atoms with Gasteiger partial charge in [0, 0.05) is 5.70 Å². The molecule has 6 aromatic rings. The molecule has 262 valence electrons. The van der Waals surface area contributed by atoms with Crippen LogP contribution < -0.4 is 10.6 Å². The van der Waals surface area contributed by atoms with Crippen molar-refractivity contribution in [2.45, 2.75) is 36.6 Å². The van der Waals surface area contributed by atoms with Crippen molar-refractivity contribution in [3.05, 3.63) is 242 Å². The molecule has 0 aromatic heterocycles. The van der Waals surface area contributed by atoms with Crippen LogP contribution in [-0.4, -0.2) is 6.67 Å². The number of fused-ring (bicyclic) bond motifs is 11. The van der Waals surface area contributed by atoms with Crippen LogP contribution in [0.5, 0.6) is 0 Å². The predicted molar refractivity (Wildman–Crippen MR) is 225 cm³/mol. The van der Waals surface area contributed by atoms with Crippen molar-refractivity contribution in [2.24, 2.45) is 0 Å². The maximum Gasteiger partial charge on any atom is 0.0879 e. The number of rotatable bonds is 4. The summed E-state index contributed by atoms with van der Waals surface area (Å²) in [6.45, 7) is 0.661. The van der Waals surface area contributed by atoms with E-state index in [2.05, 4.69) is 181 Å². The van der Waals surface area contributed by atoms with Gasteiger partial charge in [-0.3, -0.25) is 5.32 Å². The second kappa shape index (κ2) is 11.6. The van der Waals surface area contributed by atoms with Crippen molar-refractivity contribution >= 4 is 16.8 Å². The average Bonchev–Trinajstić information content (AvgIpc) is 4.05. The monoisotopic (exact) mass is 704 g/mol. The normalized spacial score (nSPS) is 20.5. The van der Waals surface area contributed by atoms with Gasteiger partial charge in [0.25, 0.3) is 0 Å². The number of benzene rings is 6. The molecule has 0 fully saturated rings. The van der Waals surface area contributed by atoms with Crippen LogP contribution in [0.4, 0.5) is 0 Å². The van der Waals surface area contributed by atoms with Gasteiger partial charge < -0.3 is 5.32 Å². The third kappa shape index (κ3) is 4.29. The van der Waals surface area contributed by atoms with Gasteiger partial charge >= 0.3 is 0 Å². The van der Waals surface area contributed by atoms with E-state index < -0.39 is 5.54 Å². The second-order valence-corrected chi connectivity index (χ2v) is 16.0. The van der Waals surface area contributed by atoms with Crippen LogP contribution in [-0.2, 0) is 23.8 Å². The second-order valence-electron chi connectivity index (χ2n) is 16.0. The van der Waals surface area contributed by atoms with Crippen LogP contribution in [0.3, 0.4) is 0 Å². The molecule has 0 saturated heterocycles. The summed E-state index contributed by atoms with van der Waals surface area (Å²) in [6, 6.07) is 52.6. The summed E-state index contributed by atoms with van der Waals surface area (Å²) in [4.78, 5) is 0. The third-order valence-electron chi connectivity index (χ3n) is 13.4. The first-order chi connectivity index (χ1) is 27.2. The van der Waals surface area contributed by atoms with Crippen LogP contribution in [0.1, 0.15) is 74.0 Å². The Hall–Kier alpha value is -6.22. The molecule has 1 aliphatic heterocycles. The number of nitrogens with one attached hydrogen (secondary N) is 2. The minimum absolute atomic E-state index is 0.384. The van der Waals surface area contributed by atoms with E-state index in [0.29, 0.717) is 6.67 Å². The van der Waals surface area contributed by atoms with Crippen molar-refractivity contribution in [3.8, 4) is 11.1 Å². The Kier molecular flexibility index (Phi) is 6.59. The first kappa shape index (κ1) is 31.2. The number of hydrogen-bond acceptors (Lipinski definition) is 2. The highest BCUT2D eigenvalue weighted by Crippen LogP contribution is 2.59. The van der Waals surface area contributed by atoms with Gasteiger partial charge in [0.05, 0.1) is 17.6 Å². The van der Waals surface area contributed by atoms with Crippen molar-refractivity contribution in [2.75, 3.05) is 6.67 Å². The molecule has 6 aromatic carbocycles. The highest BCUT2D eigenvalue weighted by molar-refractivity contribution is 5.90. The Morgan fingerprint density at radius 2 is 1.25 bits per heavy atom. The fourth-order valence-corrected chi connectivity index (χ4v) is 11.0. The summed E-state index contributed by atoms with van der Waals surface area (Å²) in [6.07, 6.45) is 15.9. The summed E-state index contributed by atoms with van der Waals surface area (Å²) in [7, 11) is 0. The molecule has 55 heavy (non-hydrogen) atoms. The van der Waals surface area contributed by atoms with E-state index >= 15 is 0 Å². The summed E-state index contributed by atoms with van der Waals surface area (Å²) < 4.78 is 0. The highest BCUT2D eigenvalue weighted by Gasteiger charge is 2.50. The van der Waals surface area contributed by atoms with Gasteiger partial charge in [-0.1, -0.05) is 163 Å². The average molecular weight is 705 g/mol. The molecule has 6 aliphatic rings. The van der Waals surface area contributed by atoms with Gasteiger partial charge in [-0.2, -0.15) is 0 Å². The molecule has 1 unspecified atom stereocenters. The summed E-state index contributed by atoms with van der Waals surface area (Å²) >= 11 is 0. The van der Waals surface area contributed by atoms with E-state index in [1.807, 2.05) is 0 Å². The van der Waals surface area contributed by atoms with Crippen LogP contribution in [0.15, 0.2) is 181 Å². The predicted octanol–water partition coefficient (Wildman–Crippen LogP) is 11.0. The number of allylic oxidation sites excluding steroid dienone is 7. The van der Waals surface area contributed by atoms with Crippen LogP contribution >= 0.6 is 0 Å². The largest absolute Gasteiger partial charge is 0.372 e. The van der Waals surface area contributed by atoms with Gasteiger partial charge in [0.1, 0.15) is 0 Å². The van der Waals surface area contributed by atoms with E-state index in [4.69, 9.17) is 0 Å². The molecule has 0 amide bonds.